The van der Waals surface area contributed by atoms with Crippen LogP contribution in [0.2, 0.25) is 19.6 Å². The van der Waals surface area contributed by atoms with Gasteiger partial charge in [-0.05, 0) is 31.9 Å². The SMILES string of the molecule is CCCC/C=N/CCC(CC)S[Si](C)(C)C. The molecule has 0 N–H and O–H groups in total. The van der Waals surface area contributed by atoms with Gasteiger partial charge in [0.05, 0.1) is 0 Å². The van der Waals surface area contributed by atoms with Crippen molar-refractivity contribution in [1.82, 2.24) is 0 Å². The fourth-order valence-corrected chi connectivity index (χ4v) is 6.79. The lowest BCUT2D eigenvalue weighted by Gasteiger charge is -2.22. The highest BCUT2D eigenvalue weighted by Gasteiger charge is 2.19. The first kappa shape index (κ1) is 16.2. The summed E-state index contributed by atoms with van der Waals surface area (Å²) in [6, 6.07) is 0. The molecule has 0 aromatic heterocycles. The van der Waals surface area contributed by atoms with Gasteiger partial charge in [0.15, 0.2) is 0 Å². The number of aliphatic imine (C=N–C) groups is 1. The van der Waals surface area contributed by atoms with E-state index in [-0.39, 0.29) is 0 Å². The van der Waals surface area contributed by atoms with Crippen LogP contribution in [-0.2, 0) is 0 Å². The Kier molecular flexibility index (Phi) is 9.42. The summed E-state index contributed by atoms with van der Waals surface area (Å²) in [5.41, 5.74) is 0. The minimum atomic E-state index is -0.958. The van der Waals surface area contributed by atoms with Gasteiger partial charge < -0.3 is 0 Å². The van der Waals surface area contributed by atoms with Crippen molar-refractivity contribution in [3.63, 3.8) is 0 Å². The van der Waals surface area contributed by atoms with E-state index in [1.54, 1.807) is 0 Å². The van der Waals surface area contributed by atoms with Crippen LogP contribution in [0.15, 0.2) is 4.99 Å². The Morgan fingerprint density at radius 2 is 1.94 bits per heavy atom. The quantitative estimate of drug-likeness (QED) is 0.323. The Morgan fingerprint density at radius 1 is 1.25 bits per heavy atom. The number of hydrogen-bond donors (Lipinski definition) is 0. The lowest BCUT2D eigenvalue weighted by atomic mass is 10.2. The highest BCUT2D eigenvalue weighted by Crippen LogP contribution is 2.28. The van der Waals surface area contributed by atoms with Crippen LogP contribution in [0.3, 0.4) is 0 Å². The molecule has 0 radical (unpaired) electrons. The number of hydrogen-bond acceptors (Lipinski definition) is 2. The van der Waals surface area contributed by atoms with Crippen LogP contribution in [0.25, 0.3) is 0 Å². The molecule has 0 spiro atoms. The van der Waals surface area contributed by atoms with E-state index in [1.165, 1.54) is 25.7 Å². The van der Waals surface area contributed by atoms with E-state index in [4.69, 9.17) is 0 Å². The Balaban J connectivity index is 3.67. The minimum absolute atomic E-state index is 0.829. The molecule has 0 saturated carbocycles. The summed E-state index contributed by atoms with van der Waals surface area (Å²) >= 11 is 2.24. The van der Waals surface area contributed by atoms with Crippen molar-refractivity contribution >= 4 is 24.6 Å². The third kappa shape index (κ3) is 10.7. The van der Waals surface area contributed by atoms with Gasteiger partial charge in [0, 0.05) is 11.8 Å². The molecule has 0 aliphatic carbocycles. The third-order valence-electron chi connectivity index (χ3n) is 2.37. The summed E-state index contributed by atoms with van der Waals surface area (Å²) in [7, 11) is -0.958. The first-order valence-corrected chi connectivity index (χ1v) is 11.8. The van der Waals surface area contributed by atoms with E-state index in [2.05, 4.69) is 55.9 Å². The van der Waals surface area contributed by atoms with Gasteiger partial charge in [-0.15, -0.1) is 0 Å². The van der Waals surface area contributed by atoms with Crippen molar-refractivity contribution in [3.8, 4) is 0 Å². The molecular weight excluding hydrogens is 230 g/mol. The lowest BCUT2D eigenvalue weighted by Crippen LogP contribution is -2.20. The smallest absolute Gasteiger partial charge is 0.108 e. The zero-order valence-corrected chi connectivity index (χ0v) is 13.6. The molecule has 0 rings (SSSR count). The van der Waals surface area contributed by atoms with E-state index < -0.39 is 7.22 Å². The first-order chi connectivity index (χ1) is 7.49. The Bertz CT molecular complexity index is 187. The zero-order chi connectivity index (χ0) is 12.4. The Labute approximate surface area is 107 Å². The van der Waals surface area contributed by atoms with Crippen molar-refractivity contribution in [2.24, 2.45) is 4.99 Å². The van der Waals surface area contributed by atoms with E-state index in [0.29, 0.717) is 0 Å². The summed E-state index contributed by atoms with van der Waals surface area (Å²) in [4.78, 5) is 4.50. The van der Waals surface area contributed by atoms with Crippen molar-refractivity contribution in [2.75, 3.05) is 6.54 Å². The maximum Gasteiger partial charge on any atom is 0.108 e. The van der Waals surface area contributed by atoms with Gasteiger partial charge in [0.25, 0.3) is 0 Å². The number of nitrogens with zero attached hydrogens (tertiary/aromatic N) is 1. The molecule has 1 atom stereocenters. The normalized spacial score (nSPS) is 14.6. The molecular formula is C13H29NSSi. The molecule has 3 heteroatoms. The van der Waals surface area contributed by atoms with Gasteiger partial charge in [-0.2, -0.15) is 11.2 Å². The van der Waals surface area contributed by atoms with Gasteiger partial charge in [0.1, 0.15) is 7.22 Å². The van der Waals surface area contributed by atoms with Crippen molar-refractivity contribution in [3.05, 3.63) is 0 Å². The molecule has 0 bridgehead atoms. The maximum absolute atomic E-state index is 4.50. The van der Waals surface area contributed by atoms with E-state index in [0.717, 1.165) is 18.2 Å². The van der Waals surface area contributed by atoms with Gasteiger partial charge in [-0.1, -0.05) is 39.9 Å². The van der Waals surface area contributed by atoms with E-state index in [9.17, 15) is 0 Å². The zero-order valence-electron chi connectivity index (χ0n) is 11.8. The van der Waals surface area contributed by atoms with Gasteiger partial charge in [-0.3, -0.25) is 4.99 Å². The summed E-state index contributed by atoms with van der Waals surface area (Å²) in [5, 5.41) is 0.829. The van der Waals surface area contributed by atoms with Gasteiger partial charge >= 0.3 is 0 Å². The van der Waals surface area contributed by atoms with Crippen LogP contribution in [0.5, 0.6) is 0 Å². The lowest BCUT2D eigenvalue weighted by molar-refractivity contribution is 0.747. The molecule has 0 aliphatic rings. The molecule has 0 aromatic carbocycles. The number of rotatable bonds is 9. The molecule has 0 fully saturated rings. The van der Waals surface area contributed by atoms with Crippen LogP contribution in [0.1, 0.15) is 46.0 Å². The van der Waals surface area contributed by atoms with Crippen molar-refractivity contribution < 1.29 is 0 Å². The fraction of sp³-hybridized carbons (Fsp3) is 0.923. The Hall–Kier alpha value is 0.237. The summed E-state index contributed by atoms with van der Waals surface area (Å²) < 4.78 is 0. The molecule has 96 valence electrons. The summed E-state index contributed by atoms with van der Waals surface area (Å²) in [6.45, 7) is 12.9. The molecule has 16 heavy (non-hydrogen) atoms. The average molecular weight is 260 g/mol. The van der Waals surface area contributed by atoms with E-state index in [1.807, 2.05) is 0 Å². The summed E-state index contributed by atoms with van der Waals surface area (Å²) in [6.07, 6.45) is 8.39. The largest absolute Gasteiger partial charge is 0.297 e. The predicted molar refractivity (Wildman–Crippen MR) is 82.5 cm³/mol. The molecule has 0 aromatic rings. The molecule has 0 heterocycles. The third-order valence-corrected chi connectivity index (χ3v) is 7.10. The average Bonchev–Trinajstić information content (AvgIpc) is 2.19. The van der Waals surface area contributed by atoms with Crippen LogP contribution >= 0.6 is 11.2 Å². The summed E-state index contributed by atoms with van der Waals surface area (Å²) in [5.74, 6) is 0. The van der Waals surface area contributed by atoms with Crippen LogP contribution in [0.4, 0.5) is 0 Å². The van der Waals surface area contributed by atoms with Crippen molar-refractivity contribution in [2.45, 2.75) is 70.8 Å². The van der Waals surface area contributed by atoms with Crippen molar-refractivity contribution in [1.29, 1.82) is 0 Å². The molecule has 0 amide bonds. The molecule has 1 unspecified atom stereocenters. The second kappa shape index (κ2) is 9.29. The predicted octanol–water partition coefficient (Wildman–Crippen LogP) is 4.98. The highest BCUT2D eigenvalue weighted by molar-refractivity contribution is 8.29. The molecule has 1 nitrogen and oxygen atoms in total. The second-order valence-corrected chi connectivity index (χ2v) is 14.8. The second-order valence-electron chi connectivity index (χ2n) is 5.28. The van der Waals surface area contributed by atoms with Crippen LogP contribution < -0.4 is 0 Å². The van der Waals surface area contributed by atoms with Gasteiger partial charge in [-0.25, -0.2) is 0 Å². The fourth-order valence-electron chi connectivity index (χ4n) is 1.54. The van der Waals surface area contributed by atoms with Gasteiger partial charge in [0.2, 0.25) is 0 Å². The van der Waals surface area contributed by atoms with Crippen LogP contribution in [0, 0.1) is 0 Å². The first-order valence-electron chi connectivity index (χ1n) is 6.65. The topological polar surface area (TPSA) is 12.4 Å². The standard InChI is InChI=1S/C13H29NSSi/c1-6-8-9-11-14-12-10-13(7-2)15-16(3,4)5/h11,13H,6-10,12H2,1-5H3/b14-11+. The molecule has 0 aliphatic heterocycles. The minimum Gasteiger partial charge on any atom is -0.297 e. The monoisotopic (exact) mass is 259 g/mol. The Morgan fingerprint density at radius 3 is 2.44 bits per heavy atom. The highest BCUT2D eigenvalue weighted by atomic mass is 32.4. The number of unbranched alkanes of at least 4 members (excludes halogenated alkanes) is 2. The molecule has 0 saturated heterocycles. The van der Waals surface area contributed by atoms with E-state index >= 15 is 0 Å². The van der Waals surface area contributed by atoms with Crippen LogP contribution in [-0.4, -0.2) is 25.2 Å². The maximum atomic E-state index is 4.50.